The Hall–Kier alpha value is -1.39. The van der Waals surface area contributed by atoms with Crippen LogP contribution in [0.1, 0.15) is 97.3 Å². The molecule has 1 aliphatic carbocycles. The molecule has 0 aromatic rings. The van der Waals surface area contributed by atoms with Gasteiger partial charge in [-0.05, 0) is 64.7 Å². The number of halogens is 2. The minimum atomic E-state index is -1.64. The zero-order chi connectivity index (χ0) is 29.7. The molecule has 2 aliphatic heterocycles. The van der Waals surface area contributed by atoms with E-state index in [0.717, 1.165) is 44.9 Å². The van der Waals surface area contributed by atoms with Gasteiger partial charge in [-0.1, -0.05) is 44.1 Å². The number of alkyl halides is 2. The smallest absolute Gasteiger partial charge is 0.305 e. The first-order valence-electron chi connectivity index (χ1n) is 15.7. The lowest BCUT2D eigenvalue weighted by molar-refractivity contribution is -0.202. The van der Waals surface area contributed by atoms with E-state index in [1.54, 1.807) is 25.2 Å². The first-order chi connectivity index (χ1) is 19.7. The van der Waals surface area contributed by atoms with Crippen molar-refractivity contribution >= 4 is 5.97 Å². The van der Waals surface area contributed by atoms with Crippen LogP contribution in [0.4, 0.5) is 8.78 Å². The quantitative estimate of drug-likeness (QED) is 0.125. The molecule has 3 rings (SSSR count). The molecular formula is C32H52F2O7. The SMILES string of the molecule is CCCCC(C)(F)[C@@H](/C=C/[C@@H]1[C@@H](C(F)/C=C\CCCC(=O)OC)[C@@H](O)C[C@H]1OC1CCCCO1)OC1CCCCO1. The highest BCUT2D eigenvalue weighted by molar-refractivity contribution is 5.69. The third-order valence-electron chi connectivity index (χ3n) is 8.48. The number of hydrogen-bond acceptors (Lipinski definition) is 7. The van der Waals surface area contributed by atoms with Gasteiger partial charge in [0.25, 0.3) is 0 Å². The van der Waals surface area contributed by atoms with Gasteiger partial charge < -0.3 is 28.8 Å². The van der Waals surface area contributed by atoms with E-state index >= 15 is 8.78 Å². The number of unbranched alkanes of at least 4 members (excludes halogenated alkanes) is 2. The fraction of sp³-hybridized carbons (Fsp3) is 0.844. The highest BCUT2D eigenvalue weighted by Crippen LogP contribution is 2.41. The van der Waals surface area contributed by atoms with Crippen LogP contribution < -0.4 is 0 Å². The standard InChI is InChI=1S/C32H52F2O7/c1-4-5-19-32(2,34)27(41-30-16-10-12-21-39-30)18-17-23-26(40-29-15-9-11-20-38-29)22-25(35)31(23)24(33)13-7-6-8-14-28(36)37-3/h7,13,17-18,23-27,29-31,35H,4-6,8-12,14-16,19-22H2,1-3H3/b13-7-,18-17+/t23-,24?,25-,26+,27+,29?,30?,31-,32?/m0/s1. The third-order valence-corrected chi connectivity index (χ3v) is 8.48. The maximum atomic E-state index is 16.0. The van der Waals surface area contributed by atoms with Crippen LogP contribution in [0.2, 0.25) is 0 Å². The van der Waals surface area contributed by atoms with Gasteiger partial charge in [-0.25, -0.2) is 8.78 Å². The summed E-state index contributed by atoms with van der Waals surface area (Å²) in [6.45, 7) is 4.78. The van der Waals surface area contributed by atoms with Crippen LogP contribution in [-0.2, 0) is 28.5 Å². The lowest BCUT2D eigenvalue weighted by Crippen LogP contribution is -2.40. The minimum absolute atomic E-state index is 0.260. The van der Waals surface area contributed by atoms with E-state index in [1.807, 2.05) is 6.92 Å². The van der Waals surface area contributed by atoms with Gasteiger partial charge in [-0.3, -0.25) is 4.79 Å². The molecule has 0 amide bonds. The van der Waals surface area contributed by atoms with E-state index in [1.165, 1.54) is 13.2 Å². The molecule has 9 heteroatoms. The zero-order valence-electron chi connectivity index (χ0n) is 25.2. The third kappa shape index (κ3) is 11.0. The van der Waals surface area contributed by atoms with E-state index in [0.29, 0.717) is 38.9 Å². The number of carbonyl (C=O) groups excluding carboxylic acids is 1. The minimum Gasteiger partial charge on any atom is -0.469 e. The molecule has 0 spiro atoms. The summed E-state index contributed by atoms with van der Waals surface area (Å²) < 4.78 is 60.5. The van der Waals surface area contributed by atoms with Crippen molar-refractivity contribution in [3.05, 3.63) is 24.3 Å². The number of allylic oxidation sites excluding steroid dienone is 2. The molecule has 2 saturated heterocycles. The summed E-state index contributed by atoms with van der Waals surface area (Å²) in [6, 6.07) is 0. The topological polar surface area (TPSA) is 83.5 Å². The molecule has 0 aromatic heterocycles. The average molecular weight is 587 g/mol. The van der Waals surface area contributed by atoms with Gasteiger partial charge in [-0.2, -0.15) is 0 Å². The Labute approximate surface area is 245 Å². The highest BCUT2D eigenvalue weighted by Gasteiger charge is 2.47. The molecule has 0 aromatic carbocycles. The van der Waals surface area contributed by atoms with Crippen LogP contribution >= 0.6 is 0 Å². The van der Waals surface area contributed by atoms with Crippen LogP contribution in [0.25, 0.3) is 0 Å². The largest absolute Gasteiger partial charge is 0.469 e. The Bertz CT molecular complexity index is 808. The second-order valence-electron chi connectivity index (χ2n) is 11.9. The number of aliphatic hydroxyl groups is 1. The van der Waals surface area contributed by atoms with E-state index in [-0.39, 0.29) is 18.8 Å². The van der Waals surface area contributed by atoms with Crippen LogP contribution in [0.15, 0.2) is 24.3 Å². The molecular weight excluding hydrogens is 534 g/mol. The van der Waals surface area contributed by atoms with Crippen molar-refractivity contribution in [1.82, 2.24) is 0 Å². The Morgan fingerprint density at radius 2 is 1.80 bits per heavy atom. The van der Waals surface area contributed by atoms with Gasteiger partial charge in [0.2, 0.25) is 0 Å². The monoisotopic (exact) mass is 586 g/mol. The molecule has 0 bridgehead atoms. The number of methoxy groups -OCH3 is 1. The number of hydrogen-bond donors (Lipinski definition) is 1. The van der Waals surface area contributed by atoms with Crippen molar-refractivity contribution in [3.63, 3.8) is 0 Å². The van der Waals surface area contributed by atoms with Crippen molar-refractivity contribution in [2.45, 2.75) is 140 Å². The van der Waals surface area contributed by atoms with Crippen LogP contribution in [-0.4, -0.2) is 74.1 Å². The fourth-order valence-corrected chi connectivity index (χ4v) is 5.98. The van der Waals surface area contributed by atoms with Crippen molar-refractivity contribution in [1.29, 1.82) is 0 Å². The van der Waals surface area contributed by atoms with Crippen molar-refractivity contribution in [2.24, 2.45) is 11.8 Å². The Morgan fingerprint density at radius 1 is 1.10 bits per heavy atom. The molecule has 9 atom stereocenters. The molecule has 236 valence electrons. The molecule has 4 unspecified atom stereocenters. The van der Waals surface area contributed by atoms with Crippen LogP contribution in [0.5, 0.6) is 0 Å². The second kappa shape index (κ2) is 17.7. The number of ether oxygens (including phenoxy) is 5. The van der Waals surface area contributed by atoms with Crippen molar-refractivity contribution in [2.75, 3.05) is 20.3 Å². The average Bonchev–Trinajstić information content (AvgIpc) is 3.28. The maximum Gasteiger partial charge on any atom is 0.305 e. The van der Waals surface area contributed by atoms with Gasteiger partial charge in [0.05, 0.1) is 19.3 Å². The molecule has 2 heterocycles. The Morgan fingerprint density at radius 3 is 2.44 bits per heavy atom. The van der Waals surface area contributed by atoms with Gasteiger partial charge in [0.1, 0.15) is 17.9 Å². The number of carbonyl (C=O) groups is 1. The summed E-state index contributed by atoms with van der Waals surface area (Å²) in [5, 5.41) is 11.0. The fourth-order valence-electron chi connectivity index (χ4n) is 5.98. The van der Waals surface area contributed by atoms with E-state index in [2.05, 4.69) is 4.74 Å². The summed E-state index contributed by atoms with van der Waals surface area (Å²) >= 11 is 0. The highest BCUT2D eigenvalue weighted by atomic mass is 19.1. The summed E-state index contributed by atoms with van der Waals surface area (Å²) in [5.41, 5.74) is -1.64. The molecule has 41 heavy (non-hydrogen) atoms. The predicted molar refractivity (Wildman–Crippen MR) is 153 cm³/mol. The van der Waals surface area contributed by atoms with Crippen molar-refractivity contribution in [3.8, 4) is 0 Å². The Balaban J connectivity index is 1.79. The first kappa shape index (κ1) is 34.1. The molecule has 0 radical (unpaired) electrons. The Kier molecular flexibility index (Phi) is 14.7. The normalized spacial score (nSPS) is 32.2. The summed E-state index contributed by atoms with van der Waals surface area (Å²) in [4.78, 5) is 11.4. The molecule has 7 nitrogen and oxygen atoms in total. The van der Waals surface area contributed by atoms with Gasteiger partial charge in [0.15, 0.2) is 12.6 Å². The maximum absolute atomic E-state index is 16.0. The summed E-state index contributed by atoms with van der Waals surface area (Å²) in [5.74, 6) is -1.58. The van der Waals surface area contributed by atoms with Gasteiger partial charge >= 0.3 is 5.97 Å². The predicted octanol–water partition coefficient (Wildman–Crippen LogP) is 6.52. The van der Waals surface area contributed by atoms with Gasteiger partial charge in [0, 0.05) is 37.9 Å². The van der Waals surface area contributed by atoms with E-state index in [9.17, 15) is 9.90 Å². The summed E-state index contributed by atoms with van der Waals surface area (Å²) in [6.07, 6.45) is 10.9. The number of rotatable bonds is 16. The lowest BCUT2D eigenvalue weighted by Gasteiger charge is -2.34. The van der Waals surface area contributed by atoms with E-state index < -0.39 is 54.6 Å². The molecule has 1 saturated carbocycles. The van der Waals surface area contributed by atoms with Crippen LogP contribution in [0, 0.1) is 11.8 Å². The second-order valence-corrected chi connectivity index (χ2v) is 11.9. The summed E-state index contributed by atoms with van der Waals surface area (Å²) in [7, 11) is 1.34. The van der Waals surface area contributed by atoms with E-state index in [4.69, 9.17) is 18.9 Å². The first-order valence-corrected chi connectivity index (χ1v) is 15.7. The van der Waals surface area contributed by atoms with Crippen LogP contribution in [0.3, 0.4) is 0 Å². The van der Waals surface area contributed by atoms with Crippen molar-refractivity contribution < 1.29 is 42.4 Å². The molecule has 1 N–H and O–H groups in total. The van der Waals surface area contributed by atoms with Gasteiger partial charge in [-0.15, -0.1) is 0 Å². The zero-order valence-corrected chi connectivity index (χ0v) is 25.2. The molecule has 3 fully saturated rings. The molecule has 3 aliphatic rings. The number of aliphatic hydroxyl groups excluding tert-OH is 1. The lowest BCUT2D eigenvalue weighted by atomic mass is 9.86. The number of esters is 1.